The van der Waals surface area contributed by atoms with E-state index in [1.54, 1.807) is 11.8 Å². The number of hydrogen-bond acceptors (Lipinski definition) is 5. The van der Waals surface area contributed by atoms with E-state index in [0.29, 0.717) is 13.1 Å². The maximum Gasteiger partial charge on any atom is 0.377 e. The van der Waals surface area contributed by atoms with E-state index in [0.717, 1.165) is 18.8 Å². The van der Waals surface area contributed by atoms with E-state index in [4.69, 9.17) is 9.94 Å². The molecule has 0 radical (unpaired) electrons. The van der Waals surface area contributed by atoms with E-state index in [9.17, 15) is 4.79 Å². The molecule has 1 aliphatic rings. The van der Waals surface area contributed by atoms with Crippen molar-refractivity contribution >= 4 is 17.5 Å². The lowest BCUT2D eigenvalue weighted by atomic mass is 10.2. The van der Waals surface area contributed by atoms with Crippen molar-refractivity contribution in [3.8, 4) is 0 Å². The fraction of sp³-hybridized carbons (Fsp3) is 0.429. The van der Waals surface area contributed by atoms with Crippen LogP contribution in [0.1, 0.15) is 6.92 Å². The molecule has 6 heteroatoms. The highest BCUT2D eigenvalue weighted by atomic mass is 16.5. The van der Waals surface area contributed by atoms with Gasteiger partial charge < -0.3 is 19.7 Å². The van der Waals surface area contributed by atoms with E-state index in [-0.39, 0.29) is 12.4 Å². The minimum atomic E-state index is -0.580. The van der Waals surface area contributed by atoms with Crippen LogP contribution in [0.15, 0.2) is 35.5 Å². The number of carbonyl (C=O) groups is 1. The number of esters is 1. The number of anilines is 1. The first-order valence-electron chi connectivity index (χ1n) is 6.70. The Balaban J connectivity index is 1.95. The Hall–Kier alpha value is -2.24. The molecule has 0 amide bonds. The van der Waals surface area contributed by atoms with Crippen molar-refractivity contribution in [1.82, 2.24) is 4.90 Å². The Morgan fingerprint density at radius 3 is 2.45 bits per heavy atom. The molecule has 0 atom stereocenters. The van der Waals surface area contributed by atoms with E-state index < -0.39 is 5.97 Å². The number of amidine groups is 1. The van der Waals surface area contributed by atoms with Crippen molar-refractivity contribution in [2.24, 2.45) is 5.16 Å². The lowest BCUT2D eigenvalue weighted by Crippen LogP contribution is -2.51. The molecule has 1 aromatic carbocycles. The minimum Gasteiger partial charge on any atom is -0.460 e. The van der Waals surface area contributed by atoms with Crippen molar-refractivity contribution in [1.29, 1.82) is 0 Å². The van der Waals surface area contributed by atoms with Crippen LogP contribution < -0.4 is 4.90 Å². The van der Waals surface area contributed by atoms with Crippen molar-refractivity contribution in [3.05, 3.63) is 30.3 Å². The maximum atomic E-state index is 11.7. The van der Waals surface area contributed by atoms with Crippen LogP contribution in [0.2, 0.25) is 0 Å². The summed E-state index contributed by atoms with van der Waals surface area (Å²) >= 11 is 0. The van der Waals surface area contributed by atoms with Gasteiger partial charge in [0.05, 0.1) is 6.61 Å². The molecule has 1 heterocycles. The molecule has 0 spiro atoms. The van der Waals surface area contributed by atoms with E-state index in [1.807, 2.05) is 18.2 Å². The monoisotopic (exact) mass is 277 g/mol. The van der Waals surface area contributed by atoms with Gasteiger partial charge in [0.25, 0.3) is 5.84 Å². The van der Waals surface area contributed by atoms with E-state index >= 15 is 0 Å². The highest BCUT2D eigenvalue weighted by Crippen LogP contribution is 2.15. The number of carbonyl (C=O) groups excluding carboxylic acids is 1. The maximum absolute atomic E-state index is 11.7. The molecular weight excluding hydrogens is 258 g/mol. The van der Waals surface area contributed by atoms with Gasteiger partial charge in [-0.3, -0.25) is 0 Å². The van der Waals surface area contributed by atoms with Crippen LogP contribution in [0.5, 0.6) is 0 Å². The topological polar surface area (TPSA) is 65.4 Å². The summed E-state index contributed by atoms with van der Waals surface area (Å²) in [5.41, 5.74) is 1.16. The normalized spacial score (nSPS) is 16.1. The highest BCUT2D eigenvalue weighted by Gasteiger charge is 2.25. The smallest absolute Gasteiger partial charge is 0.377 e. The predicted molar refractivity (Wildman–Crippen MR) is 76.1 cm³/mol. The first-order chi connectivity index (χ1) is 9.76. The Morgan fingerprint density at radius 1 is 1.25 bits per heavy atom. The Bertz CT molecular complexity index is 468. The lowest BCUT2D eigenvalue weighted by Gasteiger charge is -2.36. The number of para-hydroxylation sites is 1. The summed E-state index contributed by atoms with van der Waals surface area (Å²) in [5, 5.41) is 12.1. The number of rotatable bonds is 2. The van der Waals surface area contributed by atoms with Gasteiger partial charge in [-0.25, -0.2) is 4.79 Å². The predicted octanol–water partition coefficient (Wildman–Crippen LogP) is 1.16. The molecule has 0 aliphatic carbocycles. The first kappa shape index (κ1) is 14.2. The molecule has 2 rings (SSSR count). The molecule has 1 aliphatic heterocycles. The van der Waals surface area contributed by atoms with Gasteiger partial charge in [0.1, 0.15) is 0 Å². The second-order valence-electron chi connectivity index (χ2n) is 4.45. The Kier molecular flexibility index (Phi) is 4.81. The van der Waals surface area contributed by atoms with Gasteiger partial charge in [0.2, 0.25) is 0 Å². The van der Waals surface area contributed by atoms with Gasteiger partial charge in [-0.15, -0.1) is 0 Å². The molecule has 0 aromatic heterocycles. The number of benzene rings is 1. The zero-order valence-corrected chi connectivity index (χ0v) is 11.5. The molecule has 1 N–H and O–H groups in total. The number of nitrogens with zero attached hydrogens (tertiary/aromatic N) is 3. The zero-order valence-electron chi connectivity index (χ0n) is 11.5. The average molecular weight is 277 g/mol. The first-order valence-corrected chi connectivity index (χ1v) is 6.70. The number of hydrogen-bond donors (Lipinski definition) is 1. The Morgan fingerprint density at radius 2 is 1.90 bits per heavy atom. The van der Waals surface area contributed by atoms with Gasteiger partial charge in [-0.1, -0.05) is 23.4 Å². The molecule has 1 aromatic rings. The largest absolute Gasteiger partial charge is 0.460 e. The summed E-state index contributed by atoms with van der Waals surface area (Å²) < 4.78 is 4.87. The fourth-order valence-electron chi connectivity index (χ4n) is 2.24. The number of piperazine rings is 1. The summed E-state index contributed by atoms with van der Waals surface area (Å²) in [6.45, 7) is 4.76. The molecular formula is C14H19N3O3. The molecule has 1 fully saturated rings. The molecule has 0 unspecified atom stereocenters. The van der Waals surface area contributed by atoms with Crippen molar-refractivity contribution in [3.63, 3.8) is 0 Å². The van der Waals surface area contributed by atoms with E-state index in [1.165, 1.54) is 0 Å². The summed E-state index contributed by atoms with van der Waals surface area (Å²) in [4.78, 5) is 15.6. The average Bonchev–Trinajstić information content (AvgIpc) is 2.50. The number of oxime groups is 1. The van der Waals surface area contributed by atoms with Crippen LogP contribution in [0.3, 0.4) is 0 Å². The van der Waals surface area contributed by atoms with Crippen LogP contribution in [-0.4, -0.2) is 54.7 Å². The van der Waals surface area contributed by atoms with Gasteiger partial charge in [-0.2, -0.15) is 0 Å². The minimum absolute atomic E-state index is 0.0143. The summed E-state index contributed by atoms with van der Waals surface area (Å²) in [5.74, 6) is -0.595. The van der Waals surface area contributed by atoms with Gasteiger partial charge >= 0.3 is 5.97 Å². The molecule has 0 bridgehead atoms. The van der Waals surface area contributed by atoms with Gasteiger partial charge in [0, 0.05) is 31.9 Å². The molecule has 6 nitrogen and oxygen atoms in total. The summed E-state index contributed by atoms with van der Waals surface area (Å²) in [7, 11) is 0. The Labute approximate surface area is 118 Å². The lowest BCUT2D eigenvalue weighted by molar-refractivity contribution is -0.136. The molecule has 1 saturated heterocycles. The number of ether oxygens (including phenoxy) is 1. The second kappa shape index (κ2) is 6.79. The van der Waals surface area contributed by atoms with E-state index in [2.05, 4.69) is 22.2 Å². The third kappa shape index (κ3) is 3.20. The molecule has 108 valence electrons. The summed E-state index contributed by atoms with van der Waals surface area (Å²) in [6.07, 6.45) is 0. The molecule has 20 heavy (non-hydrogen) atoms. The third-order valence-electron chi connectivity index (χ3n) is 3.25. The SMILES string of the molecule is CCOC(=O)/C(=N/O)N1CCN(c2ccccc2)CC1. The highest BCUT2D eigenvalue weighted by molar-refractivity contribution is 6.35. The van der Waals surface area contributed by atoms with Crippen molar-refractivity contribution in [2.45, 2.75) is 6.92 Å². The standard InChI is InChI=1S/C14H19N3O3/c1-2-20-14(18)13(15-19)17-10-8-16(9-11-17)12-6-4-3-5-7-12/h3-7,19H,2,8-11H2,1H3/b15-13-. The van der Waals surface area contributed by atoms with Crippen LogP contribution >= 0.6 is 0 Å². The van der Waals surface area contributed by atoms with Crippen molar-refractivity contribution in [2.75, 3.05) is 37.7 Å². The van der Waals surface area contributed by atoms with Gasteiger partial charge in [-0.05, 0) is 19.1 Å². The third-order valence-corrected chi connectivity index (χ3v) is 3.25. The fourth-order valence-corrected chi connectivity index (χ4v) is 2.24. The summed E-state index contributed by atoms with van der Waals surface area (Å²) in [6, 6.07) is 10.1. The van der Waals surface area contributed by atoms with Crippen LogP contribution in [0.25, 0.3) is 0 Å². The quantitative estimate of drug-likeness (QED) is 0.289. The zero-order chi connectivity index (χ0) is 14.4. The second-order valence-corrected chi connectivity index (χ2v) is 4.45. The molecule has 0 saturated carbocycles. The van der Waals surface area contributed by atoms with Crippen molar-refractivity contribution < 1.29 is 14.7 Å². The van der Waals surface area contributed by atoms with Crippen LogP contribution in [0, 0.1) is 0 Å². The van der Waals surface area contributed by atoms with Crippen LogP contribution in [-0.2, 0) is 9.53 Å². The van der Waals surface area contributed by atoms with Crippen LogP contribution in [0.4, 0.5) is 5.69 Å². The van der Waals surface area contributed by atoms with Gasteiger partial charge in [0.15, 0.2) is 0 Å².